The number of anilines is 1. The van der Waals surface area contributed by atoms with E-state index in [9.17, 15) is 8.42 Å². The number of para-hydroxylation sites is 1. The Morgan fingerprint density at radius 1 is 1.21 bits per heavy atom. The summed E-state index contributed by atoms with van der Waals surface area (Å²) in [6.45, 7) is 1.75. The predicted octanol–water partition coefficient (Wildman–Crippen LogP) is 1.53. The topological polar surface area (TPSA) is 58.2 Å². The van der Waals surface area contributed by atoms with Crippen LogP contribution in [0.25, 0.3) is 0 Å². The third kappa shape index (κ3) is 2.24. The molecule has 1 fully saturated rings. The van der Waals surface area contributed by atoms with E-state index in [-0.39, 0.29) is 17.8 Å². The quantitative estimate of drug-likeness (QED) is 0.826. The fourth-order valence-corrected chi connectivity index (χ4v) is 4.91. The Hall–Kier alpha value is -0.780. The monoisotopic (exact) mass is 302 g/mol. The molecule has 1 saturated heterocycles. The van der Waals surface area contributed by atoms with Gasteiger partial charge in [-0.25, -0.2) is 8.42 Å². The minimum atomic E-state index is -3.12. The Balaban J connectivity index is 0.00000133. The SMILES string of the molecule is CS(=O)(=O)C1Nc2ccccc2C12CCNCC2.Cl. The standard InChI is InChI=1S/C13H18N2O2S.ClH/c1-18(16,17)12-13(6-8-14-9-7-13)10-4-2-3-5-11(10)15-12;/h2-5,12,14-15H,6-9H2,1H3;1H. The summed E-state index contributed by atoms with van der Waals surface area (Å²) in [5, 5.41) is 6.05. The molecule has 106 valence electrons. The number of sulfone groups is 1. The predicted molar refractivity (Wildman–Crippen MR) is 79.7 cm³/mol. The second kappa shape index (κ2) is 4.96. The molecule has 1 aromatic carbocycles. The van der Waals surface area contributed by atoms with Crippen molar-refractivity contribution in [2.24, 2.45) is 0 Å². The number of hydrogen-bond donors (Lipinski definition) is 2. The Kier molecular flexibility index (Phi) is 3.82. The molecule has 0 saturated carbocycles. The van der Waals surface area contributed by atoms with Gasteiger partial charge in [-0.3, -0.25) is 0 Å². The maximum absolute atomic E-state index is 12.1. The van der Waals surface area contributed by atoms with Crippen molar-refractivity contribution in [3.8, 4) is 0 Å². The summed E-state index contributed by atoms with van der Waals surface area (Å²) in [6.07, 6.45) is 3.07. The third-order valence-corrected chi connectivity index (χ3v) is 5.60. The number of halogens is 1. The van der Waals surface area contributed by atoms with Crippen molar-refractivity contribution in [2.45, 2.75) is 23.6 Å². The first kappa shape index (κ1) is 14.6. The molecule has 2 aliphatic heterocycles. The van der Waals surface area contributed by atoms with Gasteiger partial charge >= 0.3 is 0 Å². The molecule has 1 atom stereocenters. The van der Waals surface area contributed by atoms with Gasteiger partial charge in [-0.2, -0.15) is 0 Å². The van der Waals surface area contributed by atoms with Gasteiger partial charge in [0.2, 0.25) is 0 Å². The number of hydrogen-bond acceptors (Lipinski definition) is 4. The molecule has 4 nitrogen and oxygen atoms in total. The van der Waals surface area contributed by atoms with E-state index < -0.39 is 15.2 Å². The van der Waals surface area contributed by atoms with Gasteiger partial charge in [0, 0.05) is 17.4 Å². The van der Waals surface area contributed by atoms with Crippen LogP contribution in [0.3, 0.4) is 0 Å². The summed E-state index contributed by atoms with van der Waals surface area (Å²) < 4.78 is 24.2. The summed E-state index contributed by atoms with van der Waals surface area (Å²) in [6, 6.07) is 7.99. The molecule has 0 aromatic heterocycles. The highest BCUT2D eigenvalue weighted by Crippen LogP contribution is 2.48. The highest BCUT2D eigenvalue weighted by Gasteiger charge is 2.51. The van der Waals surface area contributed by atoms with Crippen LogP contribution in [0.1, 0.15) is 18.4 Å². The fraction of sp³-hybridized carbons (Fsp3) is 0.538. The zero-order valence-corrected chi connectivity index (χ0v) is 12.5. The molecule has 19 heavy (non-hydrogen) atoms. The molecule has 1 aromatic rings. The van der Waals surface area contributed by atoms with Gasteiger partial charge in [0.25, 0.3) is 0 Å². The van der Waals surface area contributed by atoms with Crippen molar-refractivity contribution in [3.63, 3.8) is 0 Å². The van der Waals surface area contributed by atoms with Crippen molar-refractivity contribution in [1.82, 2.24) is 5.32 Å². The number of fused-ring (bicyclic) bond motifs is 2. The summed E-state index contributed by atoms with van der Waals surface area (Å²) in [5.74, 6) is 0. The van der Waals surface area contributed by atoms with Crippen LogP contribution in [0.5, 0.6) is 0 Å². The highest BCUT2D eigenvalue weighted by molar-refractivity contribution is 7.91. The van der Waals surface area contributed by atoms with Gasteiger partial charge in [-0.05, 0) is 37.6 Å². The molecule has 3 rings (SSSR count). The summed E-state index contributed by atoms with van der Waals surface area (Å²) in [4.78, 5) is 0. The number of benzene rings is 1. The van der Waals surface area contributed by atoms with Gasteiger partial charge in [0.15, 0.2) is 9.84 Å². The van der Waals surface area contributed by atoms with Crippen molar-refractivity contribution in [3.05, 3.63) is 29.8 Å². The minimum absolute atomic E-state index is 0. The van der Waals surface area contributed by atoms with Crippen LogP contribution in [-0.2, 0) is 15.3 Å². The second-order valence-electron chi connectivity index (χ2n) is 5.31. The summed E-state index contributed by atoms with van der Waals surface area (Å²) in [7, 11) is -3.12. The van der Waals surface area contributed by atoms with Crippen LogP contribution in [0.4, 0.5) is 5.69 Å². The van der Waals surface area contributed by atoms with Crippen LogP contribution < -0.4 is 10.6 Å². The number of piperidine rings is 1. The lowest BCUT2D eigenvalue weighted by molar-refractivity contribution is 0.315. The van der Waals surface area contributed by atoms with E-state index in [4.69, 9.17) is 0 Å². The van der Waals surface area contributed by atoms with Crippen molar-refractivity contribution >= 4 is 27.9 Å². The highest BCUT2D eigenvalue weighted by atomic mass is 35.5. The maximum atomic E-state index is 12.1. The van der Waals surface area contributed by atoms with Gasteiger partial charge in [-0.15, -0.1) is 12.4 Å². The van der Waals surface area contributed by atoms with Crippen LogP contribution in [-0.4, -0.2) is 33.1 Å². The molecule has 1 spiro atoms. The molecule has 0 bridgehead atoms. The second-order valence-corrected chi connectivity index (χ2v) is 7.44. The first-order chi connectivity index (χ1) is 8.54. The van der Waals surface area contributed by atoms with E-state index in [1.165, 1.54) is 11.8 Å². The van der Waals surface area contributed by atoms with E-state index >= 15 is 0 Å². The molecule has 0 radical (unpaired) electrons. The van der Waals surface area contributed by atoms with Gasteiger partial charge in [0.05, 0.1) is 0 Å². The number of nitrogens with one attached hydrogen (secondary N) is 2. The first-order valence-electron chi connectivity index (χ1n) is 6.30. The minimum Gasteiger partial charge on any atom is -0.368 e. The van der Waals surface area contributed by atoms with Crippen LogP contribution in [0, 0.1) is 0 Å². The van der Waals surface area contributed by atoms with Crippen LogP contribution >= 0.6 is 12.4 Å². The average molecular weight is 303 g/mol. The summed E-state index contributed by atoms with van der Waals surface area (Å²) >= 11 is 0. The van der Waals surface area contributed by atoms with Crippen molar-refractivity contribution in [2.75, 3.05) is 24.7 Å². The Labute approximate surface area is 120 Å². The molecule has 2 aliphatic rings. The fourth-order valence-electron chi connectivity index (χ4n) is 3.39. The van der Waals surface area contributed by atoms with Gasteiger partial charge in [0.1, 0.15) is 5.37 Å². The lowest BCUT2D eigenvalue weighted by atomic mass is 9.74. The van der Waals surface area contributed by atoms with E-state index in [0.717, 1.165) is 31.6 Å². The number of rotatable bonds is 1. The molecular weight excluding hydrogens is 284 g/mol. The summed E-state index contributed by atoms with van der Waals surface area (Å²) in [5.41, 5.74) is 1.90. The molecule has 0 aliphatic carbocycles. The normalized spacial score (nSPS) is 24.4. The van der Waals surface area contributed by atoms with E-state index in [2.05, 4.69) is 16.7 Å². The lowest BCUT2D eigenvalue weighted by Crippen LogP contribution is -2.50. The van der Waals surface area contributed by atoms with Gasteiger partial charge in [-0.1, -0.05) is 18.2 Å². The van der Waals surface area contributed by atoms with Crippen molar-refractivity contribution < 1.29 is 8.42 Å². The van der Waals surface area contributed by atoms with Crippen LogP contribution in [0.15, 0.2) is 24.3 Å². The Morgan fingerprint density at radius 2 is 1.84 bits per heavy atom. The first-order valence-corrected chi connectivity index (χ1v) is 8.25. The maximum Gasteiger partial charge on any atom is 0.169 e. The van der Waals surface area contributed by atoms with E-state index in [1.807, 2.05) is 18.2 Å². The zero-order chi connectivity index (χ0) is 12.8. The smallest absolute Gasteiger partial charge is 0.169 e. The van der Waals surface area contributed by atoms with Gasteiger partial charge < -0.3 is 10.6 Å². The largest absolute Gasteiger partial charge is 0.368 e. The molecule has 2 N–H and O–H groups in total. The van der Waals surface area contributed by atoms with E-state index in [0.29, 0.717) is 0 Å². The molecule has 1 unspecified atom stereocenters. The molecular formula is C13H19ClN2O2S. The Bertz CT molecular complexity index is 568. The molecule has 0 amide bonds. The zero-order valence-electron chi connectivity index (χ0n) is 10.8. The van der Waals surface area contributed by atoms with Crippen LogP contribution in [0.2, 0.25) is 0 Å². The van der Waals surface area contributed by atoms with Crippen molar-refractivity contribution in [1.29, 1.82) is 0 Å². The molecule has 6 heteroatoms. The lowest BCUT2D eigenvalue weighted by Gasteiger charge is -2.38. The Morgan fingerprint density at radius 3 is 2.47 bits per heavy atom. The average Bonchev–Trinajstić information content (AvgIpc) is 2.66. The third-order valence-electron chi connectivity index (χ3n) is 4.18. The van der Waals surface area contributed by atoms with E-state index in [1.54, 1.807) is 0 Å². The molecule has 2 heterocycles.